The molecule has 23 heavy (non-hydrogen) atoms. The quantitative estimate of drug-likeness (QED) is 0.563. The predicted octanol–water partition coefficient (Wildman–Crippen LogP) is 6.19. The Labute approximate surface area is 136 Å². The molecule has 0 saturated carbocycles. The first-order chi connectivity index (χ1) is 11.0. The molecule has 116 valence electrons. The lowest BCUT2D eigenvalue weighted by Gasteiger charge is -2.08. The van der Waals surface area contributed by atoms with E-state index in [1.807, 2.05) is 50.2 Å². The van der Waals surface area contributed by atoms with Gasteiger partial charge in [-0.3, -0.25) is 0 Å². The molecule has 0 atom stereocenters. The molecule has 3 heteroatoms. The highest BCUT2D eigenvalue weighted by atomic mass is 16.3. The van der Waals surface area contributed by atoms with Crippen LogP contribution in [0.1, 0.15) is 22.3 Å². The smallest absolute Gasteiger partial charge is 0.150 e. The summed E-state index contributed by atoms with van der Waals surface area (Å²) in [5, 5.41) is 20.9. The number of rotatable bonds is 2. The molecule has 0 bridgehead atoms. The first-order valence-corrected chi connectivity index (χ1v) is 7.68. The molecule has 0 fully saturated rings. The first-order valence-electron chi connectivity index (χ1n) is 7.68. The van der Waals surface area contributed by atoms with Crippen molar-refractivity contribution in [3.63, 3.8) is 0 Å². The Morgan fingerprint density at radius 3 is 1.96 bits per heavy atom. The minimum absolute atomic E-state index is 0.177. The van der Waals surface area contributed by atoms with Crippen molar-refractivity contribution in [2.45, 2.75) is 27.7 Å². The van der Waals surface area contributed by atoms with Crippen molar-refractivity contribution in [3.05, 3.63) is 64.7 Å². The third-order valence-corrected chi connectivity index (χ3v) is 4.28. The van der Waals surface area contributed by atoms with Gasteiger partial charge in [0.2, 0.25) is 0 Å². The van der Waals surface area contributed by atoms with Crippen LogP contribution in [-0.2, 0) is 0 Å². The lowest BCUT2D eigenvalue weighted by Crippen LogP contribution is -1.83. The lowest BCUT2D eigenvalue weighted by molar-refractivity contribution is 0.482. The van der Waals surface area contributed by atoms with E-state index in [1.165, 1.54) is 11.1 Å². The summed E-state index contributed by atoms with van der Waals surface area (Å²) >= 11 is 0. The maximum Gasteiger partial charge on any atom is 0.150 e. The zero-order chi connectivity index (χ0) is 16.6. The average Bonchev–Trinajstić information content (AvgIpc) is 2.54. The summed E-state index contributed by atoms with van der Waals surface area (Å²) in [4.78, 5) is 0. The largest absolute Gasteiger partial charge is 0.505 e. The monoisotopic (exact) mass is 304 g/mol. The number of azo groups is 1. The first kappa shape index (κ1) is 15.2. The third-order valence-electron chi connectivity index (χ3n) is 4.28. The van der Waals surface area contributed by atoms with Gasteiger partial charge in [-0.15, -0.1) is 5.11 Å². The molecule has 0 aliphatic carbocycles. The Hall–Kier alpha value is -2.68. The molecule has 3 rings (SSSR count). The number of phenolic OH excluding ortho intramolecular Hbond substituents is 1. The van der Waals surface area contributed by atoms with Crippen molar-refractivity contribution < 1.29 is 5.11 Å². The SMILES string of the molecule is Cc1cc(C)c(N=Nc2cc(C)c3ccccc3c2O)cc1C. The van der Waals surface area contributed by atoms with Crippen LogP contribution in [0.2, 0.25) is 0 Å². The van der Waals surface area contributed by atoms with Crippen molar-refractivity contribution in [3.8, 4) is 5.75 Å². The summed E-state index contributed by atoms with van der Waals surface area (Å²) in [6.45, 7) is 8.18. The number of phenols is 1. The van der Waals surface area contributed by atoms with Gasteiger partial charge < -0.3 is 5.11 Å². The van der Waals surface area contributed by atoms with Crippen molar-refractivity contribution in [2.75, 3.05) is 0 Å². The van der Waals surface area contributed by atoms with Crippen LogP contribution in [0.3, 0.4) is 0 Å². The number of hydrogen-bond acceptors (Lipinski definition) is 3. The maximum atomic E-state index is 10.5. The van der Waals surface area contributed by atoms with Gasteiger partial charge in [-0.25, -0.2) is 0 Å². The van der Waals surface area contributed by atoms with Gasteiger partial charge in [0, 0.05) is 5.39 Å². The van der Waals surface area contributed by atoms with Crippen LogP contribution in [0.4, 0.5) is 11.4 Å². The topological polar surface area (TPSA) is 45.0 Å². The molecular weight excluding hydrogens is 284 g/mol. The molecule has 0 amide bonds. The normalized spacial score (nSPS) is 11.5. The molecule has 0 unspecified atom stereocenters. The standard InChI is InChI=1S/C20H20N2O/c1-12-9-15(4)18(10-13(12)2)21-22-19-11-14(3)16-7-5-6-8-17(16)20(19)23/h5-11,23H,1-4H3. The van der Waals surface area contributed by atoms with Crippen molar-refractivity contribution in [2.24, 2.45) is 10.2 Å². The second kappa shape index (κ2) is 5.84. The van der Waals surface area contributed by atoms with E-state index in [9.17, 15) is 5.11 Å². The lowest BCUT2D eigenvalue weighted by atomic mass is 10.0. The van der Waals surface area contributed by atoms with Gasteiger partial charge in [0.15, 0.2) is 5.75 Å². The highest BCUT2D eigenvalue weighted by molar-refractivity contribution is 5.94. The summed E-state index contributed by atoms with van der Waals surface area (Å²) in [7, 11) is 0. The molecule has 0 aliphatic heterocycles. The Morgan fingerprint density at radius 2 is 1.22 bits per heavy atom. The van der Waals surface area contributed by atoms with E-state index in [0.717, 1.165) is 27.6 Å². The molecule has 0 heterocycles. The summed E-state index contributed by atoms with van der Waals surface area (Å²) in [6.07, 6.45) is 0. The van der Waals surface area contributed by atoms with Gasteiger partial charge in [-0.2, -0.15) is 5.11 Å². The van der Waals surface area contributed by atoms with Gasteiger partial charge in [0.1, 0.15) is 5.69 Å². The summed E-state index contributed by atoms with van der Waals surface area (Å²) < 4.78 is 0. The Bertz CT molecular complexity index is 927. The highest BCUT2D eigenvalue weighted by Crippen LogP contribution is 2.38. The second-order valence-corrected chi connectivity index (χ2v) is 6.03. The number of aryl methyl sites for hydroxylation is 4. The molecule has 0 saturated heterocycles. The number of aromatic hydroxyl groups is 1. The van der Waals surface area contributed by atoms with Crippen LogP contribution in [0.15, 0.2) is 52.7 Å². The van der Waals surface area contributed by atoms with Crippen LogP contribution in [-0.4, -0.2) is 5.11 Å². The van der Waals surface area contributed by atoms with Crippen LogP contribution in [0.25, 0.3) is 10.8 Å². The summed E-state index contributed by atoms with van der Waals surface area (Å²) in [5.41, 5.74) is 5.91. The molecule has 3 nitrogen and oxygen atoms in total. The predicted molar refractivity (Wildman–Crippen MR) is 95.2 cm³/mol. The highest BCUT2D eigenvalue weighted by Gasteiger charge is 2.09. The van der Waals surface area contributed by atoms with E-state index >= 15 is 0 Å². The molecule has 0 spiro atoms. The van der Waals surface area contributed by atoms with E-state index in [-0.39, 0.29) is 5.75 Å². The Kier molecular flexibility index (Phi) is 3.87. The van der Waals surface area contributed by atoms with Crippen molar-refractivity contribution >= 4 is 22.1 Å². The molecule has 3 aromatic carbocycles. The number of fused-ring (bicyclic) bond motifs is 1. The molecule has 0 aliphatic rings. The van der Waals surface area contributed by atoms with E-state index in [1.54, 1.807) is 0 Å². The molecule has 3 aromatic rings. The third kappa shape index (κ3) is 2.82. The Balaban J connectivity index is 2.08. The second-order valence-electron chi connectivity index (χ2n) is 6.03. The van der Waals surface area contributed by atoms with Crippen molar-refractivity contribution in [1.29, 1.82) is 0 Å². The van der Waals surface area contributed by atoms with Crippen molar-refractivity contribution in [1.82, 2.24) is 0 Å². The van der Waals surface area contributed by atoms with Gasteiger partial charge >= 0.3 is 0 Å². The van der Waals surface area contributed by atoms with Crippen LogP contribution >= 0.6 is 0 Å². The van der Waals surface area contributed by atoms with E-state index < -0.39 is 0 Å². The van der Waals surface area contributed by atoms with Gasteiger partial charge in [-0.05, 0) is 67.5 Å². The van der Waals surface area contributed by atoms with Crippen LogP contribution in [0, 0.1) is 27.7 Å². The number of nitrogens with zero attached hydrogens (tertiary/aromatic N) is 2. The fourth-order valence-electron chi connectivity index (χ4n) is 2.76. The maximum absolute atomic E-state index is 10.5. The molecule has 0 aromatic heterocycles. The van der Waals surface area contributed by atoms with E-state index in [2.05, 4.69) is 30.1 Å². The zero-order valence-corrected chi connectivity index (χ0v) is 13.9. The molecule has 1 N–H and O–H groups in total. The average molecular weight is 304 g/mol. The van der Waals surface area contributed by atoms with Gasteiger partial charge in [0.25, 0.3) is 0 Å². The summed E-state index contributed by atoms with van der Waals surface area (Å²) in [6, 6.07) is 13.8. The van der Waals surface area contributed by atoms with E-state index in [0.29, 0.717) is 5.69 Å². The fourth-order valence-corrected chi connectivity index (χ4v) is 2.76. The van der Waals surface area contributed by atoms with Gasteiger partial charge in [0.05, 0.1) is 5.69 Å². The summed E-state index contributed by atoms with van der Waals surface area (Å²) in [5.74, 6) is 0.177. The molecule has 0 radical (unpaired) electrons. The minimum atomic E-state index is 0.177. The fraction of sp³-hybridized carbons (Fsp3) is 0.200. The Morgan fingerprint density at radius 1 is 0.652 bits per heavy atom. The zero-order valence-electron chi connectivity index (χ0n) is 13.9. The number of benzene rings is 3. The minimum Gasteiger partial charge on any atom is -0.505 e. The van der Waals surface area contributed by atoms with E-state index in [4.69, 9.17) is 0 Å². The van der Waals surface area contributed by atoms with Gasteiger partial charge in [-0.1, -0.05) is 30.3 Å². The van der Waals surface area contributed by atoms with Crippen LogP contribution in [0.5, 0.6) is 5.75 Å². The van der Waals surface area contributed by atoms with Crippen LogP contribution < -0.4 is 0 Å². The number of hydrogen-bond donors (Lipinski definition) is 1. The molecular formula is C20H20N2O.